The Morgan fingerprint density at radius 1 is 1.50 bits per heavy atom. The average molecular weight is 220 g/mol. The molecule has 0 aromatic heterocycles. The number of amides is 1. The normalized spacial score (nSPS) is 19.4. The highest BCUT2D eigenvalue weighted by Crippen LogP contribution is 2.23. The molecule has 1 aromatic carbocycles. The Labute approximate surface area is 95.0 Å². The molecule has 2 rings (SSSR count). The van der Waals surface area contributed by atoms with Gasteiger partial charge in [-0.05, 0) is 31.5 Å². The van der Waals surface area contributed by atoms with Gasteiger partial charge >= 0.3 is 0 Å². The van der Waals surface area contributed by atoms with E-state index in [-0.39, 0.29) is 11.9 Å². The Morgan fingerprint density at radius 3 is 3.00 bits per heavy atom. The van der Waals surface area contributed by atoms with Crippen LogP contribution < -0.4 is 15.4 Å². The van der Waals surface area contributed by atoms with Gasteiger partial charge in [0.1, 0.15) is 5.75 Å². The number of benzene rings is 1. The lowest BCUT2D eigenvalue weighted by Gasteiger charge is -2.13. The molecular formula is C12H16N2O2. The highest BCUT2D eigenvalue weighted by atomic mass is 16.5. The van der Waals surface area contributed by atoms with E-state index in [1.165, 1.54) is 0 Å². The summed E-state index contributed by atoms with van der Waals surface area (Å²) in [6, 6.07) is 7.36. The lowest BCUT2D eigenvalue weighted by Crippen LogP contribution is -2.35. The van der Waals surface area contributed by atoms with Crippen molar-refractivity contribution >= 4 is 11.6 Å². The van der Waals surface area contributed by atoms with Crippen molar-refractivity contribution in [1.82, 2.24) is 5.32 Å². The molecule has 16 heavy (non-hydrogen) atoms. The Hall–Kier alpha value is -1.55. The fourth-order valence-corrected chi connectivity index (χ4v) is 1.88. The number of ether oxygens (including phenoxy) is 1. The largest absolute Gasteiger partial charge is 0.495 e. The molecule has 0 spiro atoms. The molecule has 1 saturated heterocycles. The number of hydrogen-bond acceptors (Lipinski definition) is 3. The predicted octanol–water partition coefficient (Wildman–Crippen LogP) is 1.39. The first-order chi connectivity index (χ1) is 7.81. The summed E-state index contributed by atoms with van der Waals surface area (Å²) in [7, 11) is 1.60. The maximum absolute atomic E-state index is 11.9. The van der Waals surface area contributed by atoms with Crippen LogP contribution in [0.4, 0.5) is 5.69 Å². The lowest BCUT2D eigenvalue weighted by atomic mass is 10.2. The minimum absolute atomic E-state index is 0.0157. The fourth-order valence-electron chi connectivity index (χ4n) is 1.88. The van der Waals surface area contributed by atoms with Crippen molar-refractivity contribution in [1.29, 1.82) is 0 Å². The van der Waals surface area contributed by atoms with Crippen LogP contribution in [-0.4, -0.2) is 25.6 Å². The van der Waals surface area contributed by atoms with Gasteiger partial charge in [-0.1, -0.05) is 12.1 Å². The molecule has 0 saturated carbocycles. The summed E-state index contributed by atoms with van der Waals surface area (Å²) in [6.07, 6.45) is 1.96. The molecular weight excluding hydrogens is 204 g/mol. The first-order valence-corrected chi connectivity index (χ1v) is 5.48. The van der Waals surface area contributed by atoms with Crippen LogP contribution >= 0.6 is 0 Å². The summed E-state index contributed by atoms with van der Waals surface area (Å²) in [5.74, 6) is 0.704. The van der Waals surface area contributed by atoms with Gasteiger partial charge in [0.25, 0.3) is 0 Å². The average Bonchev–Trinajstić information content (AvgIpc) is 2.83. The molecule has 1 aliphatic rings. The minimum Gasteiger partial charge on any atom is -0.495 e. The van der Waals surface area contributed by atoms with E-state index in [0.717, 1.165) is 25.1 Å². The van der Waals surface area contributed by atoms with Crippen LogP contribution in [0.3, 0.4) is 0 Å². The van der Waals surface area contributed by atoms with E-state index in [2.05, 4.69) is 10.6 Å². The number of rotatable bonds is 3. The molecule has 0 bridgehead atoms. The zero-order valence-electron chi connectivity index (χ0n) is 9.32. The van der Waals surface area contributed by atoms with Crippen LogP contribution in [0.2, 0.25) is 0 Å². The van der Waals surface area contributed by atoms with E-state index in [9.17, 15) is 4.79 Å². The van der Waals surface area contributed by atoms with Gasteiger partial charge in [-0.3, -0.25) is 4.79 Å². The Kier molecular flexibility index (Phi) is 3.41. The number of nitrogens with one attached hydrogen (secondary N) is 2. The SMILES string of the molecule is COc1ccccc1NC(=O)[C@@H]1CCCN1. The van der Waals surface area contributed by atoms with E-state index in [4.69, 9.17) is 4.74 Å². The molecule has 1 amide bonds. The van der Waals surface area contributed by atoms with Crippen molar-refractivity contribution < 1.29 is 9.53 Å². The van der Waals surface area contributed by atoms with E-state index in [0.29, 0.717) is 5.75 Å². The van der Waals surface area contributed by atoms with Gasteiger partial charge in [0.15, 0.2) is 0 Å². The first kappa shape index (κ1) is 11.0. The smallest absolute Gasteiger partial charge is 0.241 e. The van der Waals surface area contributed by atoms with Gasteiger partial charge in [0, 0.05) is 0 Å². The van der Waals surface area contributed by atoms with E-state index in [1.54, 1.807) is 7.11 Å². The number of carbonyl (C=O) groups excluding carboxylic acids is 1. The van der Waals surface area contributed by atoms with Gasteiger partial charge in [-0.2, -0.15) is 0 Å². The van der Waals surface area contributed by atoms with Gasteiger partial charge in [0.2, 0.25) is 5.91 Å². The van der Waals surface area contributed by atoms with Crippen LogP contribution in [0.25, 0.3) is 0 Å². The van der Waals surface area contributed by atoms with Crippen molar-refractivity contribution in [3.8, 4) is 5.75 Å². The second kappa shape index (κ2) is 4.99. The van der Waals surface area contributed by atoms with Gasteiger partial charge < -0.3 is 15.4 Å². The molecule has 0 unspecified atom stereocenters. The summed E-state index contributed by atoms with van der Waals surface area (Å²) in [5.41, 5.74) is 0.726. The third-order valence-electron chi connectivity index (χ3n) is 2.74. The summed E-state index contributed by atoms with van der Waals surface area (Å²) in [4.78, 5) is 11.9. The zero-order chi connectivity index (χ0) is 11.4. The van der Waals surface area contributed by atoms with Crippen LogP contribution in [0.5, 0.6) is 5.75 Å². The van der Waals surface area contributed by atoms with Crippen LogP contribution in [0.15, 0.2) is 24.3 Å². The van der Waals surface area contributed by atoms with Gasteiger partial charge in [0.05, 0.1) is 18.8 Å². The summed E-state index contributed by atoms with van der Waals surface area (Å²) in [6.45, 7) is 0.921. The Morgan fingerprint density at radius 2 is 2.31 bits per heavy atom. The number of hydrogen-bond donors (Lipinski definition) is 2. The molecule has 86 valence electrons. The van der Waals surface area contributed by atoms with Gasteiger partial charge in [-0.25, -0.2) is 0 Å². The number of methoxy groups -OCH3 is 1. The molecule has 1 heterocycles. The second-order valence-corrected chi connectivity index (χ2v) is 3.84. The van der Waals surface area contributed by atoms with E-state index >= 15 is 0 Å². The maximum Gasteiger partial charge on any atom is 0.241 e. The van der Waals surface area contributed by atoms with Crippen molar-refractivity contribution in [2.24, 2.45) is 0 Å². The van der Waals surface area contributed by atoms with Crippen molar-refractivity contribution in [3.63, 3.8) is 0 Å². The second-order valence-electron chi connectivity index (χ2n) is 3.84. The third kappa shape index (κ3) is 2.33. The number of anilines is 1. The molecule has 1 aromatic rings. The number of carbonyl (C=O) groups is 1. The summed E-state index contributed by atoms with van der Waals surface area (Å²) < 4.78 is 5.17. The lowest BCUT2D eigenvalue weighted by molar-refractivity contribution is -0.117. The molecule has 1 fully saturated rings. The quantitative estimate of drug-likeness (QED) is 0.809. The fraction of sp³-hybridized carbons (Fsp3) is 0.417. The van der Waals surface area contributed by atoms with Crippen LogP contribution in [-0.2, 0) is 4.79 Å². The maximum atomic E-state index is 11.9. The molecule has 0 radical (unpaired) electrons. The molecule has 4 nitrogen and oxygen atoms in total. The van der Waals surface area contributed by atoms with Crippen LogP contribution in [0, 0.1) is 0 Å². The molecule has 1 atom stereocenters. The molecule has 2 N–H and O–H groups in total. The Bertz CT molecular complexity index is 373. The van der Waals surface area contributed by atoms with E-state index < -0.39 is 0 Å². The minimum atomic E-state index is -0.0649. The van der Waals surface area contributed by atoms with E-state index in [1.807, 2.05) is 24.3 Å². The predicted molar refractivity (Wildman–Crippen MR) is 62.6 cm³/mol. The first-order valence-electron chi connectivity index (χ1n) is 5.48. The molecule has 0 aliphatic carbocycles. The zero-order valence-corrected chi connectivity index (χ0v) is 9.32. The highest BCUT2D eigenvalue weighted by molar-refractivity contribution is 5.96. The number of para-hydroxylation sites is 2. The van der Waals surface area contributed by atoms with Gasteiger partial charge in [-0.15, -0.1) is 0 Å². The monoisotopic (exact) mass is 220 g/mol. The van der Waals surface area contributed by atoms with Crippen molar-refractivity contribution in [2.45, 2.75) is 18.9 Å². The molecule has 4 heteroatoms. The third-order valence-corrected chi connectivity index (χ3v) is 2.74. The van der Waals surface area contributed by atoms with Crippen LogP contribution in [0.1, 0.15) is 12.8 Å². The Balaban J connectivity index is 2.05. The highest BCUT2D eigenvalue weighted by Gasteiger charge is 2.22. The van der Waals surface area contributed by atoms with Crippen molar-refractivity contribution in [3.05, 3.63) is 24.3 Å². The topological polar surface area (TPSA) is 50.4 Å². The summed E-state index contributed by atoms with van der Waals surface area (Å²) in [5, 5.41) is 6.04. The standard InChI is InChI=1S/C12H16N2O2/c1-16-11-7-3-2-5-9(11)14-12(15)10-6-4-8-13-10/h2-3,5,7,10,13H,4,6,8H2,1H3,(H,14,15)/t10-/m0/s1. The van der Waals surface area contributed by atoms with Crippen molar-refractivity contribution in [2.75, 3.05) is 19.0 Å². The molecule has 1 aliphatic heterocycles. The summed E-state index contributed by atoms with van der Waals surface area (Å²) >= 11 is 0.